The third kappa shape index (κ3) is 2.63. The lowest BCUT2D eigenvalue weighted by Crippen LogP contribution is -2.17. The second-order valence-corrected chi connectivity index (χ2v) is 5.39. The van der Waals surface area contributed by atoms with Crippen molar-refractivity contribution < 1.29 is 4.92 Å². The Kier molecular flexibility index (Phi) is 3.75. The van der Waals surface area contributed by atoms with Crippen molar-refractivity contribution in [3.05, 3.63) is 69.3 Å². The zero-order valence-corrected chi connectivity index (χ0v) is 12.0. The molecule has 2 aromatic rings. The second kappa shape index (κ2) is 5.86. The third-order valence-corrected chi connectivity index (χ3v) is 4.03. The number of nitrogens with zero attached hydrogens (tertiary/aromatic N) is 2. The van der Waals surface area contributed by atoms with Crippen LogP contribution in [0.4, 0.5) is 11.4 Å². The number of aryl methyl sites for hydroxylation is 1. The fourth-order valence-electron chi connectivity index (χ4n) is 2.96. The largest absolute Gasteiger partial charge is 0.377 e. The van der Waals surface area contributed by atoms with Gasteiger partial charge in [0.15, 0.2) is 0 Å². The molecule has 0 spiro atoms. The highest BCUT2D eigenvalue weighted by Gasteiger charge is 2.21. The summed E-state index contributed by atoms with van der Waals surface area (Å²) in [5.41, 5.74) is 3.46. The van der Waals surface area contributed by atoms with Gasteiger partial charge in [-0.3, -0.25) is 10.1 Å². The van der Waals surface area contributed by atoms with E-state index < -0.39 is 4.92 Å². The summed E-state index contributed by atoms with van der Waals surface area (Å²) in [6, 6.07) is 14.8. The van der Waals surface area contributed by atoms with E-state index in [0.29, 0.717) is 11.3 Å². The molecule has 0 saturated carbocycles. The molecule has 0 radical (unpaired) electrons. The topological polar surface area (TPSA) is 79.0 Å². The van der Waals surface area contributed by atoms with E-state index in [0.717, 1.165) is 19.3 Å². The van der Waals surface area contributed by atoms with Gasteiger partial charge in [0.05, 0.1) is 22.2 Å². The van der Waals surface area contributed by atoms with Crippen LogP contribution in [-0.4, -0.2) is 4.92 Å². The maximum absolute atomic E-state index is 10.8. The Labute approximate surface area is 128 Å². The number of hydrogen-bond donors (Lipinski definition) is 1. The Bertz CT molecular complexity index is 765. The van der Waals surface area contributed by atoms with Crippen LogP contribution in [0, 0.1) is 21.4 Å². The molecule has 5 heteroatoms. The van der Waals surface area contributed by atoms with Crippen molar-refractivity contribution in [2.24, 2.45) is 0 Å². The third-order valence-electron chi connectivity index (χ3n) is 4.03. The van der Waals surface area contributed by atoms with Crippen molar-refractivity contribution >= 4 is 11.4 Å². The van der Waals surface area contributed by atoms with E-state index in [2.05, 4.69) is 17.4 Å². The summed E-state index contributed by atoms with van der Waals surface area (Å²) in [7, 11) is 0. The number of nitro groups is 1. The van der Waals surface area contributed by atoms with E-state index in [1.807, 2.05) is 18.2 Å². The molecule has 1 N–H and O–H groups in total. The Hall–Kier alpha value is -2.87. The van der Waals surface area contributed by atoms with Crippen LogP contribution in [0.3, 0.4) is 0 Å². The van der Waals surface area contributed by atoms with Crippen LogP contribution in [0.1, 0.15) is 35.6 Å². The van der Waals surface area contributed by atoms with E-state index in [-0.39, 0.29) is 11.7 Å². The molecule has 0 unspecified atom stereocenters. The molecule has 0 aliphatic heterocycles. The maximum Gasteiger partial charge on any atom is 0.270 e. The smallest absolute Gasteiger partial charge is 0.270 e. The molecule has 1 atom stereocenters. The first kappa shape index (κ1) is 14.1. The van der Waals surface area contributed by atoms with Gasteiger partial charge < -0.3 is 5.32 Å². The van der Waals surface area contributed by atoms with Gasteiger partial charge in [0.25, 0.3) is 5.69 Å². The molecule has 0 heterocycles. The normalized spacial score (nSPS) is 16.4. The first-order valence-electron chi connectivity index (χ1n) is 7.22. The lowest BCUT2D eigenvalue weighted by atomic mass is 9.87. The molecule has 1 aliphatic rings. The summed E-state index contributed by atoms with van der Waals surface area (Å²) in [5.74, 6) is 0. The molecular formula is C17H15N3O2. The van der Waals surface area contributed by atoms with Crippen molar-refractivity contribution in [3.8, 4) is 6.07 Å². The van der Waals surface area contributed by atoms with Crippen LogP contribution in [-0.2, 0) is 6.42 Å². The highest BCUT2D eigenvalue weighted by Crippen LogP contribution is 2.33. The lowest BCUT2D eigenvalue weighted by molar-refractivity contribution is -0.384. The van der Waals surface area contributed by atoms with E-state index in [9.17, 15) is 15.4 Å². The molecule has 0 amide bonds. The number of benzene rings is 2. The summed E-state index contributed by atoms with van der Waals surface area (Å²) in [5, 5.41) is 23.4. The Morgan fingerprint density at radius 3 is 2.86 bits per heavy atom. The van der Waals surface area contributed by atoms with E-state index in [4.69, 9.17) is 0 Å². The van der Waals surface area contributed by atoms with Gasteiger partial charge in [-0.15, -0.1) is 0 Å². The number of rotatable bonds is 3. The minimum atomic E-state index is -0.486. The molecular weight excluding hydrogens is 278 g/mol. The summed E-state index contributed by atoms with van der Waals surface area (Å²) >= 11 is 0. The van der Waals surface area contributed by atoms with E-state index in [1.54, 1.807) is 6.07 Å². The quantitative estimate of drug-likeness (QED) is 0.686. The molecule has 2 aromatic carbocycles. The summed E-state index contributed by atoms with van der Waals surface area (Å²) < 4.78 is 0. The lowest BCUT2D eigenvalue weighted by Gasteiger charge is -2.27. The van der Waals surface area contributed by atoms with Gasteiger partial charge in [0, 0.05) is 12.1 Å². The molecule has 0 fully saturated rings. The number of anilines is 1. The number of non-ortho nitro benzene ring substituents is 1. The number of nitro benzene ring substituents is 1. The van der Waals surface area contributed by atoms with E-state index >= 15 is 0 Å². The maximum atomic E-state index is 10.8. The van der Waals surface area contributed by atoms with Crippen LogP contribution in [0.25, 0.3) is 0 Å². The molecule has 5 nitrogen and oxygen atoms in total. The van der Waals surface area contributed by atoms with Gasteiger partial charge in [-0.2, -0.15) is 5.26 Å². The van der Waals surface area contributed by atoms with Gasteiger partial charge >= 0.3 is 0 Å². The highest BCUT2D eigenvalue weighted by molar-refractivity contribution is 5.62. The van der Waals surface area contributed by atoms with E-state index in [1.165, 1.54) is 23.3 Å². The Morgan fingerprint density at radius 1 is 1.27 bits per heavy atom. The zero-order valence-electron chi connectivity index (χ0n) is 12.0. The molecule has 1 aliphatic carbocycles. The zero-order chi connectivity index (χ0) is 15.5. The molecule has 0 bridgehead atoms. The summed E-state index contributed by atoms with van der Waals surface area (Å²) in [4.78, 5) is 10.3. The van der Waals surface area contributed by atoms with Gasteiger partial charge in [-0.05, 0) is 36.5 Å². The van der Waals surface area contributed by atoms with Crippen molar-refractivity contribution in [1.82, 2.24) is 0 Å². The van der Waals surface area contributed by atoms with Crippen molar-refractivity contribution in [1.29, 1.82) is 5.26 Å². The molecule has 3 rings (SSSR count). The number of nitrogens with one attached hydrogen (secondary N) is 1. The van der Waals surface area contributed by atoms with Crippen LogP contribution in [0.5, 0.6) is 0 Å². The van der Waals surface area contributed by atoms with Gasteiger partial charge in [0.1, 0.15) is 6.07 Å². The van der Waals surface area contributed by atoms with Crippen LogP contribution < -0.4 is 5.32 Å². The van der Waals surface area contributed by atoms with Gasteiger partial charge in [0.2, 0.25) is 0 Å². The second-order valence-electron chi connectivity index (χ2n) is 5.39. The molecule has 22 heavy (non-hydrogen) atoms. The SMILES string of the molecule is N#Cc1cc([N+](=O)[O-])ccc1N[C@H]1CCCc2ccccc21. The predicted molar refractivity (Wildman–Crippen MR) is 83.6 cm³/mol. The molecule has 110 valence electrons. The Morgan fingerprint density at radius 2 is 2.09 bits per heavy atom. The van der Waals surface area contributed by atoms with Crippen LogP contribution >= 0.6 is 0 Å². The highest BCUT2D eigenvalue weighted by atomic mass is 16.6. The number of fused-ring (bicyclic) bond motifs is 1. The fourth-order valence-corrected chi connectivity index (χ4v) is 2.96. The van der Waals surface area contributed by atoms with Gasteiger partial charge in [-0.25, -0.2) is 0 Å². The van der Waals surface area contributed by atoms with Crippen molar-refractivity contribution in [2.45, 2.75) is 25.3 Å². The molecule has 0 aromatic heterocycles. The monoisotopic (exact) mass is 293 g/mol. The average molecular weight is 293 g/mol. The van der Waals surface area contributed by atoms with Crippen LogP contribution in [0.2, 0.25) is 0 Å². The van der Waals surface area contributed by atoms with Crippen molar-refractivity contribution in [3.63, 3.8) is 0 Å². The average Bonchev–Trinajstić information content (AvgIpc) is 2.55. The number of hydrogen-bond acceptors (Lipinski definition) is 4. The minimum Gasteiger partial charge on any atom is -0.377 e. The number of nitriles is 1. The van der Waals surface area contributed by atoms with Crippen molar-refractivity contribution in [2.75, 3.05) is 5.32 Å². The predicted octanol–water partition coefficient (Wildman–Crippen LogP) is 3.96. The Balaban J connectivity index is 1.92. The standard InChI is InChI=1S/C17H15N3O2/c18-11-13-10-14(20(21)22)8-9-16(13)19-17-7-3-5-12-4-1-2-6-15(12)17/h1-2,4,6,8-10,17,19H,3,5,7H2/t17-/m0/s1. The first-order chi connectivity index (χ1) is 10.7. The fraction of sp³-hybridized carbons (Fsp3) is 0.235. The summed E-state index contributed by atoms with van der Waals surface area (Å²) in [6.07, 6.45) is 3.14. The minimum absolute atomic E-state index is 0.0638. The summed E-state index contributed by atoms with van der Waals surface area (Å²) in [6.45, 7) is 0. The molecule has 0 saturated heterocycles. The van der Waals surface area contributed by atoms with Gasteiger partial charge in [-0.1, -0.05) is 24.3 Å². The first-order valence-corrected chi connectivity index (χ1v) is 7.22. The van der Waals surface area contributed by atoms with Crippen LogP contribution in [0.15, 0.2) is 42.5 Å².